The zero-order valence-electron chi connectivity index (χ0n) is 8.87. The second-order valence-corrected chi connectivity index (χ2v) is 4.01. The van der Waals surface area contributed by atoms with Gasteiger partial charge in [-0.15, -0.1) is 0 Å². The molecule has 2 nitrogen and oxygen atoms in total. The molecule has 0 fully saturated rings. The smallest absolute Gasteiger partial charge is 0.123 e. The zero-order valence-corrected chi connectivity index (χ0v) is 8.87. The second kappa shape index (κ2) is 4.41. The highest BCUT2D eigenvalue weighted by molar-refractivity contribution is 5.19. The lowest BCUT2D eigenvalue weighted by Gasteiger charge is -2.25. The second-order valence-electron chi connectivity index (χ2n) is 4.01. The van der Waals surface area contributed by atoms with Crippen LogP contribution in [0.2, 0.25) is 0 Å². The van der Waals surface area contributed by atoms with Crippen molar-refractivity contribution in [2.24, 2.45) is 5.92 Å². The minimum absolute atomic E-state index is 0.299. The first kappa shape index (κ1) is 11.7. The Hall–Kier alpha value is -1.40. The molecule has 80 valence electrons. The van der Waals surface area contributed by atoms with E-state index in [1.54, 1.807) is 26.0 Å². The first-order valence-electron chi connectivity index (χ1n) is 4.82. The van der Waals surface area contributed by atoms with Crippen molar-refractivity contribution in [3.8, 4) is 6.07 Å². The molecule has 0 spiro atoms. The van der Waals surface area contributed by atoms with E-state index in [4.69, 9.17) is 5.26 Å². The molecular weight excluding hydrogens is 193 g/mol. The Morgan fingerprint density at radius 1 is 1.47 bits per heavy atom. The van der Waals surface area contributed by atoms with Crippen LogP contribution in [0, 0.1) is 23.1 Å². The van der Waals surface area contributed by atoms with Crippen LogP contribution in [0.5, 0.6) is 0 Å². The topological polar surface area (TPSA) is 44.0 Å². The number of aliphatic hydroxyl groups is 1. The summed E-state index contributed by atoms with van der Waals surface area (Å²) in [7, 11) is 0. The van der Waals surface area contributed by atoms with Gasteiger partial charge < -0.3 is 5.11 Å². The van der Waals surface area contributed by atoms with E-state index in [0.717, 1.165) is 5.56 Å². The molecule has 1 aromatic rings. The SMILES string of the molecule is CC(C#N)C(C)(O)Cc1ccc(F)cc1. The quantitative estimate of drug-likeness (QED) is 0.826. The number of nitriles is 1. The summed E-state index contributed by atoms with van der Waals surface area (Å²) in [4.78, 5) is 0. The lowest BCUT2D eigenvalue weighted by atomic mass is 9.86. The lowest BCUT2D eigenvalue weighted by molar-refractivity contribution is 0.0277. The van der Waals surface area contributed by atoms with Crippen LogP contribution in [0.1, 0.15) is 19.4 Å². The Morgan fingerprint density at radius 2 is 2.00 bits per heavy atom. The minimum Gasteiger partial charge on any atom is -0.388 e. The van der Waals surface area contributed by atoms with E-state index in [0.29, 0.717) is 6.42 Å². The first-order valence-corrected chi connectivity index (χ1v) is 4.82. The summed E-state index contributed by atoms with van der Waals surface area (Å²) < 4.78 is 12.6. The molecular formula is C12H14FNO. The van der Waals surface area contributed by atoms with Crippen LogP contribution in [0.25, 0.3) is 0 Å². The monoisotopic (exact) mass is 207 g/mol. The van der Waals surface area contributed by atoms with Crippen molar-refractivity contribution in [3.05, 3.63) is 35.6 Å². The maximum Gasteiger partial charge on any atom is 0.123 e. The van der Waals surface area contributed by atoms with Gasteiger partial charge in [0.25, 0.3) is 0 Å². The Labute approximate surface area is 89.0 Å². The average molecular weight is 207 g/mol. The van der Waals surface area contributed by atoms with E-state index in [9.17, 15) is 9.50 Å². The Bertz CT molecular complexity index is 364. The van der Waals surface area contributed by atoms with Crippen molar-refractivity contribution in [3.63, 3.8) is 0 Å². The maximum atomic E-state index is 12.6. The molecule has 2 atom stereocenters. The van der Waals surface area contributed by atoms with E-state index >= 15 is 0 Å². The van der Waals surface area contributed by atoms with E-state index in [1.165, 1.54) is 12.1 Å². The van der Waals surface area contributed by atoms with Crippen molar-refractivity contribution >= 4 is 0 Å². The molecule has 0 saturated carbocycles. The Morgan fingerprint density at radius 3 is 2.47 bits per heavy atom. The van der Waals surface area contributed by atoms with E-state index in [1.807, 2.05) is 6.07 Å². The highest BCUT2D eigenvalue weighted by Crippen LogP contribution is 2.21. The van der Waals surface area contributed by atoms with Gasteiger partial charge in [-0.25, -0.2) is 4.39 Å². The molecule has 0 heterocycles. The highest BCUT2D eigenvalue weighted by atomic mass is 19.1. The van der Waals surface area contributed by atoms with Gasteiger partial charge in [0.15, 0.2) is 0 Å². The summed E-state index contributed by atoms with van der Waals surface area (Å²) in [6.45, 7) is 3.29. The fourth-order valence-corrected chi connectivity index (χ4v) is 1.31. The third-order valence-corrected chi connectivity index (χ3v) is 2.60. The predicted octanol–water partition coefficient (Wildman–Crippen LogP) is 2.28. The minimum atomic E-state index is -1.08. The molecule has 1 aromatic carbocycles. The van der Waals surface area contributed by atoms with Crippen molar-refractivity contribution in [1.82, 2.24) is 0 Å². The molecule has 0 radical (unpaired) electrons. The van der Waals surface area contributed by atoms with Gasteiger partial charge in [0.05, 0.1) is 17.6 Å². The van der Waals surface area contributed by atoms with Crippen molar-refractivity contribution in [2.45, 2.75) is 25.9 Å². The van der Waals surface area contributed by atoms with Crippen molar-refractivity contribution < 1.29 is 9.50 Å². The summed E-state index contributed by atoms with van der Waals surface area (Å²) in [5.74, 6) is -0.755. The normalized spacial score (nSPS) is 16.5. The number of hydrogen-bond acceptors (Lipinski definition) is 2. The molecule has 0 aromatic heterocycles. The molecule has 1 rings (SSSR count). The summed E-state index contributed by atoms with van der Waals surface area (Å²) >= 11 is 0. The molecule has 0 amide bonds. The standard InChI is InChI=1S/C12H14FNO/c1-9(8-14)12(2,15)7-10-3-5-11(13)6-4-10/h3-6,9,15H,7H2,1-2H3. The molecule has 0 saturated heterocycles. The van der Waals surface area contributed by atoms with Crippen LogP contribution in [0.3, 0.4) is 0 Å². The summed E-state index contributed by atoms with van der Waals surface area (Å²) in [6.07, 6.45) is 0.349. The van der Waals surface area contributed by atoms with Gasteiger partial charge in [-0.3, -0.25) is 0 Å². The molecule has 15 heavy (non-hydrogen) atoms. The van der Waals surface area contributed by atoms with Crippen molar-refractivity contribution in [1.29, 1.82) is 5.26 Å². The fraction of sp³-hybridized carbons (Fsp3) is 0.417. The van der Waals surface area contributed by atoms with Gasteiger partial charge in [-0.1, -0.05) is 12.1 Å². The van der Waals surface area contributed by atoms with Crippen LogP contribution < -0.4 is 0 Å². The largest absolute Gasteiger partial charge is 0.388 e. The molecule has 2 unspecified atom stereocenters. The highest BCUT2D eigenvalue weighted by Gasteiger charge is 2.28. The van der Waals surface area contributed by atoms with Gasteiger partial charge in [0, 0.05) is 6.42 Å². The molecule has 3 heteroatoms. The van der Waals surface area contributed by atoms with Crippen LogP contribution >= 0.6 is 0 Å². The van der Waals surface area contributed by atoms with Crippen LogP contribution in [0.15, 0.2) is 24.3 Å². The zero-order chi connectivity index (χ0) is 11.5. The lowest BCUT2D eigenvalue weighted by Crippen LogP contribution is -2.34. The summed E-state index contributed by atoms with van der Waals surface area (Å²) in [6, 6.07) is 7.95. The molecule has 0 bridgehead atoms. The first-order chi connectivity index (χ1) is 6.95. The van der Waals surface area contributed by atoms with Crippen LogP contribution in [-0.4, -0.2) is 10.7 Å². The summed E-state index contributed by atoms with van der Waals surface area (Å²) in [5.41, 5.74) is -0.254. The van der Waals surface area contributed by atoms with E-state index < -0.39 is 11.5 Å². The van der Waals surface area contributed by atoms with Gasteiger partial charge in [-0.2, -0.15) is 5.26 Å². The van der Waals surface area contributed by atoms with Gasteiger partial charge in [0.2, 0.25) is 0 Å². The molecule has 0 aliphatic rings. The Kier molecular flexibility index (Phi) is 3.43. The number of halogens is 1. The number of benzene rings is 1. The van der Waals surface area contributed by atoms with Crippen LogP contribution in [-0.2, 0) is 6.42 Å². The van der Waals surface area contributed by atoms with Gasteiger partial charge >= 0.3 is 0 Å². The fourth-order valence-electron chi connectivity index (χ4n) is 1.31. The third-order valence-electron chi connectivity index (χ3n) is 2.60. The molecule has 0 aliphatic carbocycles. The third kappa shape index (κ3) is 3.03. The number of hydrogen-bond donors (Lipinski definition) is 1. The molecule has 1 N–H and O–H groups in total. The number of rotatable bonds is 3. The predicted molar refractivity (Wildman–Crippen MR) is 55.5 cm³/mol. The Balaban J connectivity index is 2.78. The number of nitrogens with zero attached hydrogens (tertiary/aromatic N) is 1. The van der Waals surface area contributed by atoms with Gasteiger partial charge in [0.1, 0.15) is 5.82 Å². The van der Waals surface area contributed by atoms with Crippen molar-refractivity contribution in [2.75, 3.05) is 0 Å². The van der Waals surface area contributed by atoms with Gasteiger partial charge in [-0.05, 0) is 31.5 Å². The maximum absolute atomic E-state index is 12.6. The summed E-state index contributed by atoms with van der Waals surface area (Å²) in [5, 5.41) is 18.7. The average Bonchev–Trinajstić information content (AvgIpc) is 2.20. The van der Waals surface area contributed by atoms with Crippen LogP contribution in [0.4, 0.5) is 4.39 Å². The van der Waals surface area contributed by atoms with E-state index in [-0.39, 0.29) is 5.82 Å². The van der Waals surface area contributed by atoms with E-state index in [2.05, 4.69) is 0 Å². The molecule has 0 aliphatic heterocycles.